The van der Waals surface area contributed by atoms with E-state index in [4.69, 9.17) is 5.73 Å². The van der Waals surface area contributed by atoms with E-state index in [1.54, 1.807) is 0 Å². The number of nitrogens with two attached hydrogens (primary N) is 1. The number of nitrogens with zero attached hydrogens (tertiary/aromatic N) is 1. The van der Waals surface area contributed by atoms with E-state index in [0.717, 1.165) is 19.1 Å². The number of hydrogen-bond acceptors (Lipinski definition) is 2. The first-order valence-electron chi connectivity index (χ1n) is 4.70. The van der Waals surface area contributed by atoms with Gasteiger partial charge in [-0.3, -0.25) is 4.90 Å². The molecule has 0 unspecified atom stereocenters. The monoisotopic (exact) mass is 154 g/mol. The number of hydrogen-bond donors (Lipinski definition) is 1. The van der Waals surface area contributed by atoms with Crippen molar-refractivity contribution in [2.75, 3.05) is 13.1 Å². The molecule has 0 aromatic rings. The maximum Gasteiger partial charge on any atom is 0.0384 e. The van der Waals surface area contributed by atoms with Crippen molar-refractivity contribution in [2.24, 2.45) is 5.73 Å². The normalized spacial score (nSPS) is 32.2. The van der Waals surface area contributed by atoms with Crippen LogP contribution in [-0.4, -0.2) is 29.6 Å². The number of likely N-dealkylation sites (tertiary alicyclic amines) is 1. The van der Waals surface area contributed by atoms with Gasteiger partial charge in [0.25, 0.3) is 0 Å². The van der Waals surface area contributed by atoms with E-state index in [9.17, 15) is 0 Å². The van der Waals surface area contributed by atoms with E-state index in [1.165, 1.54) is 25.7 Å². The molecule has 0 radical (unpaired) electrons. The Morgan fingerprint density at radius 1 is 1.27 bits per heavy atom. The molecule has 0 aromatic carbocycles. The Balaban J connectivity index is 1.81. The van der Waals surface area contributed by atoms with Crippen molar-refractivity contribution in [1.29, 1.82) is 0 Å². The minimum atomic E-state index is 0.128. The SMILES string of the molecule is CC1(N)CN(C2CCCC2)C1. The zero-order valence-corrected chi connectivity index (χ0v) is 7.34. The maximum atomic E-state index is 5.94. The van der Waals surface area contributed by atoms with Crippen molar-refractivity contribution in [3.05, 3.63) is 0 Å². The Bertz CT molecular complexity index is 140. The van der Waals surface area contributed by atoms with Crippen molar-refractivity contribution in [2.45, 2.75) is 44.2 Å². The Labute approximate surface area is 68.7 Å². The number of rotatable bonds is 1. The molecule has 2 nitrogen and oxygen atoms in total. The lowest BCUT2D eigenvalue weighted by molar-refractivity contribution is 0.0421. The van der Waals surface area contributed by atoms with Gasteiger partial charge in [-0.15, -0.1) is 0 Å². The first-order chi connectivity index (χ1) is 5.17. The molecule has 2 aliphatic rings. The maximum absolute atomic E-state index is 5.94. The lowest BCUT2D eigenvalue weighted by Crippen LogP contribution is -2.67. The molecule has 2 N–H and O–H groups in total. The van der Waals surface area contributed by atoms with Crippen LogP contribution >= 0.6 is 0 Å². The molecule has 1 aliphatic heterocycles. The smallest absolute Gasteiger partial charge is 0.0384 e. The van der Waals surface area contributed by atoms with Crippen LogP contribution in [0.3, 0.4) is 0 Å². The summed E-state index contributed by atoms with van der Waals surface area (Å²) in [5, 5.41) is 0. The van der Waals surface area contributed by atoms with Crippen molar-refractivity contribution >= 4 is 0 Å². The van der Waals surface area contributed by atoms with Crippen molar-refractivity contribution in [3.63, 3.8) is 0 Å². The summed E-state index contributed by atoms with van der Waals surface area (Å²) in [6, 6.07) is 0.881. The second-order valence-electron chi connectivity index (χ2n) is 4.50. The van der Waals surface area contributed by atoms with Crippen LogP contribution in [0.2, 0.25) is 0 Å². The van der Waals surface area contributed by atoms with Gasteiger partial charge in [0.2, 0.25) is 0 Å². The predicted octanol–water partition coefficient (Wildman–Crippen LogP) is 0.962. The van der Waals surface area contributed by atoms with Gasteiger partial charge in [0.05, 0.1) is 0 Å². The van der Waals surface area contributed by atoms with Gasteiger partial charge >= 0.3 is 0 Å². The van der Waals surface area contributed by atoms with E-state index < -0.39 is 0 Å². The summed E-state index contributed by atoms with van der Waals surface area (Å²) in [6.45, 7) is 4.40. The Morgan fingerprint density at radius 2 is 1.82 bits per heavy atom. The largest absolute Gasteiger partial charge is 0.323 e. The van der Waals surface area contributed by atoms with Crippen LogP contribution in [0.15, 0.2) is 0 Å². The van der Waals surface area contributed by atoms with Gasteiger partial charge in [-0.1, -0.05) is 12.8 Å². The fourth-order valence-corrected chi connectivity index (χ4v) is 2.41. The van der Waals surface area contributed by atoms with E-state index in [2.05, 4.69) is 11.8 Å². The Kier molecular flexibility index (Phi) is 1.69. The zero-order valence-electron chi connectivity index (χ0n) is 7.34. The summed E-state index contributed by atoms with van der Waals surface area (Å²) >= 11 is 0. The van der Waals surface area contributed by atoms with Crippen molar-refractivity contribution < 1.29 is 0 Å². The molecule has 11 heavy (non-hydrogen) atoms. The topological polar surface area (TPSA) is 29.3 Å². The lowest BCUT2D eigenvalue weighted by Gasteiger charge is -2.48. The Hall–Kier alpha value is -0.0800. The van der Waals surface area contributed by atoms with Gasteiger partial charge in [-0.25, -0.2) is 0 Å². The summed E-state index contributed by atoms with van der Waals surface area (Å²) in [6.07, 6.45) is 5.69. The quantitative estimate of drug-likeness (QED) is 0.609. The molecule has 1 saturated heterocycles. The molecular formula is C9H18N2. The van der Waals surface area contributed by atoms with Crippen LogP contribution in [-0.2, 0) is 0 Å². The highest BCUT2D eigenvalue weighted by atomic mass is 15.3. The molecule has 1 heterocycles. The van der Waals surface area contributed by atoms with Gasteiger partial charge < -0.3 is 5.73 Å². The fraction of sp³-hybridized carbons (Fsp3) is 1.00. The predicted molar refractivity (Wildman–Crippen MR) is 46.4 cm³/mol. The van der Waals surface area contributed by atoms with Gasteiger partial charge in [0.1, 0.15) is 0 Å². The van der Waals surface area contributed by atoms with E-state index in [0.29, 0.717) is 0 Å². The summed E-state index contributed by atoms with van der Waals surface area (Å²) in [5.41, 5.74) is 6.07. The molecule has 0 amide bonds. The summed E-state index contributed by atoms with van der Waals surface area (Å²) < 4.78 is 0. The van der Waals surface area contributed by atoms with Crippen LogP contribution in [0, 0.1) is 0 Å². The van der Waals surface area contributed by atoms with E-state index in [1.807, 2.05) is 0 Å². The molecule has 0 bridgehead atoms. The average molecular weight is 154 g/mol. The highest BCUT2D eigenvalue weighted by molar-refractivity contribution is 4.99. The molecule has 64 valence electrons. The van der Waals surface area contributed by atoms with Crippen LogP contribution in [0.25, 0.3) is 0 Å². The van der Waals surface area contributed by atoms with E-state index >= 15 is 0 Å². The highest BCUT2D eigenvalue weighted by Crippen LogP contribution is 2.29. The van der Waals surface area contributed by atoms with Crippen molar-refractivity contribution in [3.8, 4) is 0 Å². The lowest BCUT2D eigenvalue weighted by atomic mass is 9.91. The summed E-state index contributed by atoms with van der Waals surface area (Å²) in [7, 11) is 0. The molecule has 0 aromatic heterocycles. The highest BCUT2D eigenvalue weighted by Gasteiger charge is 2.39. The van der Waals surface area contributed by atoms with Crippen molar-refractivity contribution in [1.82, 2.24) is 4.90 Å². The van der Waals surface area contributed by atoms with Gasteiger partial charge in [-0.2, -0.15) is 0 Å². The fourth-order valence-electron chi connectivity index (χ4n) is 2.41. The second kappa shape index (κ2) is 2.46. The third kappa shape index (κ3) is 1.42. The first-order valence-corrected chi connectivity index (χ1v) is 4.70. The minimum absolute atomic E-state index is 0.128. The molecule has 0 atom stereocenters. The van der Waals surface area contributed by atoms with Gasteiger partial charge in [0.15, 0.2) is 0 Å². The van der Waals surface area contributed by atoms with Crippen LogP contribution in [0.1, 0.15) is 32.6 Å². The van der Waals surface area contributed by atoms with Crippen LogP contribution in [0.5, 0.6) is 0 Å². The molecule has 2 fully saturated rings. The molecule has 2 rings (SSSR count). The summed E-state index contributed by atoms with van der Waals surface area (Å²) in [5.74, 6) is 0. The third-order valence-corrected chi connectivity index (χ3v) is 2.97. The molecule has 1 saturated carbocycles. The molecule has 1 aliphatic carbocycles. The third-order valence-electron chi connectivity index (χ3n) is 2.97. The standard InChI is InChI=1S/C9H18N2/c1-9(10)6-11(7-9)8-4-2-3-5-8/h8H,2-7,10H2,1H3. The molecular weight excluding hydrogens is 136 g/mol. The van der Waals surface area contributed by atoms with Gasteiger partial charge in [-0.05, 0) is 19.8 Å². The Morgan fingerprint density at radius 3 is 2.27 bits per heavy atom. The first kappa shape index (κ1) is 7.56. The van der Waals surface area contributed by atoms with Crippen LogP contribution in [0.4, 0.5) is 0 Å². The van der Waals surface area contributed by atoms with E-state index in [-0.39, 0.29) is 5.54 Å². The molecule has 0 spiro atoms. The van der Waals surface area contributed by atoms with Gasteiger partial charge in [0, 0.05) is 24.7 Å². The average Bonchev–Trinajstić information content (AvgIpc) is 2.32. The molecule has 2 heteroatoms. The minimum Gasteiger partial charge on any atom is -0.323 e. The zero-order chi connectivity index (χ0) is 7.90. The van der Waals surface area contributed by atoms with Crippen LogP contribution < -0.4 is 5.73 Å². The summed E-state index contributed by atoms with van der Waals surface area (Å²) in [4.78, 5) is 2.55. The second-order valence-corrected chi connectivity index (χ2v) is 4.50.